The highest BCUT2D eigenvalue weighted by Gasteiger charge is 2.16. The smallest absolute Gasteiger partial charge is 0.223 e. The molecule has 1 atom stereocenters. The van der Waals surface area contributed by atoms with Gasteiger partial charge in [0, 0.05) is 19.5 Å². The molecule has 0 saturated heterocycles. The minimum atomic E-state index is 0.210. The van der Waals surface area contributed by atoms with Gasteiger partial charge in [0.15, 0.2) is 6.54 Å². The normalized spacial score (nSPS) is 12.2. The summed E-state index contributed by atoms with van der Waals surface area (Å²) in [6, 6.07) is 0. The molecular weight excluding hydrogens is 202 g/mol. The number of hydrogen-bond donors (Lipinski definition) is 1. The molecular formula is C12H26N3O+. The minimum absolute atomic E-state index is 0.210. The van der Waals surface area contributed by atoms with Crippen LogP contribution < -0.4 is 5.73 Å². The monoisotopic (exact) mass is 228 g/mol. The summed E-state index contributed by atoms with van der Waals surface area (Å²) in [4.78, 5) is 13.8. The predicted octanol–water partition coefficient (Wildman–Crippen LogP) is 0.553. The molecule has 4 heteroatoms. The molecule has 4 nitrogen and oxygen atoms in total. The molecule has 1 amide bonds. The number of rotatable bonds is 8. The fourth-order valence-electron chi connectivity index (χ4n) is 1.38. The van der Waals surface area contributed by atoms with Crippen molar-refractivity contribution in [1.29, 1.82) is 0 Å². The van der Waals surface area contributed by atoms with E-state index in [-0.39, 0.29) is 5.91 Å². The first-order chi connectivity index (χ1) is 7.51. The average Bonchev–Trinajstić information content (AvgIpc) is 2.23. The second-order valence-corrected chi connectivity index (χ2v) is 4.47. The van der Waals surface area contributed by atoms with Gasteiger partial charge in [0.25, 0.3) is 0 Å². The van der Waals surface area contributed by atoms with E-state index in [1.807, 2.05) is 16.5 Å². The number of nitrogens with zero attached hydrogens (tertiary/aromatic N) is 2. The predicted molar refractivity (Wildman–Crippen MR) is 67.9 cm³/mol. The summed E-state index contributed by atoms with van der Waals surface area (Å²) in [7, 11) is 1.90. The topological polar surface area (TPSA) is 49.3 Å². The molecule has 0 fully saturated rings. The Kier molecular flexibility index (Phi) is 7.81. The summed E-state index contributed by atoms with van der Waals surface area (Å²) in [6.07, 6.45) is 1.66. The van der Waals surface area contributed by atoms with Crippen LogP contribution in [0, 0.1) is 5.92 Å². The van der Waals surface area contributed by atoms with E-state index in [1.54, 1.807) is 0 Å². The van der Waals surface area contributed by atoms with E-state index >= 15 is 0 Å². The van der Waals surface area contributed by atoms with Crippen LogP contribution >= 0.6 is 0 Å². The van der Waals surface area contributed by atoms with Crippen LogP contribution in [0.15, 0.2) is 0 Å². The Morgan fingerprint density at radius 1 is 1.50 bits per heavy atom. The van der Waals surface area contributed by atoms with Crippen LogP contribution in [-0.4, -0.2) is 55.3 Å². The Morgan fingerprint density at radius 2 is 2.12 bits per heavy atom. The number of nitrogens with two attached hydrogens (primary N) is 1. The zero-order chi connectivity index (χ0) is 12.6. The number of amides is 1. The van der Waals surface area contributed by atoms with Gasteiger partial charge >= 0.3 is 0 Å². The summed E-state index contributed by atoms with van der Waals surface area (Å²) >= 11 is 0. The summed E-state index contributed by atoms with van der Waals surface area (Å²) in [5.41, 5.74) is 5.51. The van der Waals surface area contributed by atoms with Crippen molar-refractivity contribution in [1.82, 2.24) is 4.90 Å². The third kappa shape index (κ3) is 6.56. The van der Waals surface area contributed by atoms with E-state index < -0.39 is 0 Å². The van der Waals surface area contributed by atoms with Crippen molar-refractivity contribution in [2.45, 2.75) is 26.7 Å². The molecule has 0 heterocycles. The van der Waals surface area contributed by atoms with Crippen molar-refractivity contribution in [2.24, 2.45) is 11.7 Å². The lowest BCUT2D eigenvalue weighted by Crippen LogP contribution is -2.39. The van der Waals surface area contributed by atoms with Crippen molar-refractivity contribution < 1.29 is 9.37 Å². The first-order valence-corrected chi connectivity index (χ1v) is 6.00. The number of hydrogen-bond acceptors (Lipinski definition) is 2. The quantitative estimate of drug-likeness (QED) is 0.487. The van der Waals surface area contributed by atoms with Gasteiger partial charge in [-0.15, -0.1) is 0 Å². The number of carbonyl (C=O) groups excluding carboxylic acids is 1. The summed E-state index contributed by atoms with van der Waals surface area (Å²) in [5, 5.41) is 0. The van der Waals surface area contributed by atoms with Gasteiger partial charge < -0.3 is 10.6 Å². The SMILES string of the molecule is C=[N+](C)CCN(CCN)C(=O)CC(C)CC. The van der Waals surface area contributed by atoms with Crippen LogP contribution in [0.3, 0.4) is 0 Å². The highest BCUT2D eigenvalue weighted by molar-refractivity contribution is 5.76. The van der Waals surface area contributed by atoms with Gasteiger partial charge in [-0.25, -0.2) is 4.58 Å². The van der Waals surface area contributed by atoms with Gasteiger partial charge in [-0.3, -0.25) is 4.79 Å². The highest BCUT2D eigenvalue weighted by Crippen LogP contribution is 2.08. The first kappa shape index (κ1) is 15.1. The Labute approximate surface area is 99.1 Å². The molecule has 0 aliphatic rings. The van der Waals surface area contributed by atoms with Crippen LogP contribution in [0.4, 0.5) is 0 Å². The first-order valence-electron chi connectivity index (χ1n) is 6.00. The molecule has 2 N–H and O–H groups in total. The van der Waals surface area contributed by atoms with Gasteiger partial charge in [0.05, 0.1) is 6.54 Å². The van der Waals surface area contributed by atoms with E-state index in [0.29, 0.717) is 32.0 Å². The summed E-state index contributed by atoms with van der Waals surface area (Å²) in [6.45, 7) is 10.6. The third-order valence-electron chi connectivity index (χ3n) is 2.72. The highest BCUT2D eigenvalue weighted by atomic mass is 16.2. The zero-order valence-electron chi connectivity index (χ0n) is 10.9. The second-order valence-electron chi connectivity index (χ2n) is 4.47. The number of likely N-dealkylation sites (N-methyl/N-ethyl adjacent to an activating group) is 1. The summed E-state index contributed by atoms with van der Waals surface area (Å²) in [5.74, 6) is 0.659. The lowest BCUT2D eigenvalue weighted by atomic mass is 10.0. The van der Waals surface area contributed by atoms with E-state index in [9.17, 15) is 4.79 Å². The molecule has 0 rings (SSSR count). The van der Waals surface area contributed by atoms with Gasteiger partial charge in [0.1, 0.15) is 13.8 Å². The third-order valence-corrected chi connectivity index (χ3v) is 2.72. The lowest BCUT2D eigenvalue weighted by molar-refractivity contribution is -0.488. The molecule has 0 aromatic carbocycles. The largest absolute Gasteiger partial charge is 0.335 e. The maximum Gasteiger partial charge on any atom is 0.223 e. The molecule has 0 radical (unpaired) electrons. The van der Waals surface area contributed by atoms with Gasteiger partial charge in [0.2, 0.25) is 5.91 Å². The zero-order valence-corrected chi connectivity index (χ0v) is 10.9. The molecule has 0 spiro atoms. The van der Waals surface area contributed by atoms with Crippen molar-refractivity contribution in [2.75, 3.05) is 33.2 Å². The van der Waals surface area contributed by atoms with Gasteiger partial charge in [-0.1, -0.05) is 20.3 Å². The Morgan fingerprint density at radius 3 is 2.56 bits per heavy atom. The molecule has 0 aromatic heterocycles. The van der Waals surface area contributed by atoms with Gasteiger partial charge in [-0.05, 0) is 5.92 Å². The van der Waals surface area contributed by atoms with Crippen molar-refractivity contribution >= 4 is 12.6 Å². The van der Waals surface area contributed by atoms with Crippen LogP contribution in [-0.2, 0) is 4.79 Å². The Hall–Kier alpha value is -0.900. The average molecular weight is 228 g/mol. The summed E-state index contributed by atoms with van der Waals surface area (Å²) < 4.78 is 1.83. The second kappa shape index (κ2) is 8.28. The van der Waals surface area contributed by atoms with Crippen LogP contribution in [0.1, 0.15) is 26.7 Å². The Balaban J connectivity index is 4.17. The van der Waals surface area contributed by atoms with Crippen LogP contribution in [0.25, 0.3) is 0 Å². The fraction of sp³-hybridized carbons (Fsp3) is 0.833. The number of carbonyl (C=O) groups is 1. The van der Waals surface area contributed by atoms with Crippen molar-refractivity contribution in [3.63, 3.8) is 0 Å². The van der Waals surface area contributed by atoms with Crippen molar-refractivity contribution in [3.05, 3.63) is 0 Å². The molecule has 16 heavy (non-hydrogen) atoms. The van der Waals surface area contributed by atoms with E-state index in [2.05, 4.69) is 20.6 Å². The fourth-order valence-corrected chi connectivity index (χ4v) is 1.38. The van der Waals surface area contributed by atoms with E-state index in [0.717, 1.165) is 13.0 Å². The van der Waals surface area contributed by atoms with E-state index in [4.69, 9.17) is 5.73 Å². The molecule has 94 valence electrons. The molecule has 0 bridgehead atoms. The van der Waals surface area contributed by atoms with Crippen LogP contribution in [0.5, 0.6) is 0 Å². The maximum absolute atomic E-state index is 11.9. The standard InChI is InChI=1S/C12H26N3O/c1-5-11(2)10-12(16)15(7-6-13)9-8-14(3)4/h11H,3,5-10,13H2,1-2,4H3/q+1. The minimum Gasteiger partial charge on any atom is -0.335 e. The maximum atomic E-state index is 11.9. The molecule has 0 saturated carbocycles. The van der Waals surface area contributed by atoms with Crippen LogP contribution in [0.2, 0.25) is 0 Å². The molecule has 0 aromatic rings. The molecule has 0 aliphatic carbocycles. The Bertz CT molecular complexity index is 228. The van der Waals surface area contributed by atoms with Crippen molar-refractivity contribution in [3.8, 4) is 0 Å². The molecule has 1 unspecified atom stereocenters. The molecule has 0 aliphatic heterocycles. The lowest BCUT2D eigenvalue weighted by Gasteiger charge is -2.22. The van der Waals surface area contributed by atoms with E-state index in [1.165, 1.54) is 0 Å². The van der Waals surface area contributed by atoms with Gasteiger partial charge in [-0.2, -0.15) is 0 Å².